The molecule has 0 aromatic rings. The van der Waals surface area contributed by atoms with Gasteiger partial charge < -0.3 is 15.4 Å². The number of carbonyl (C=O) groups excluding carboxylic acids is 1. The van der Waals surface area contributed by atoms with E-state index in [0.29, 0.717) is 0 Å². The molecular weight excluding hydrogens is 132 g/mol. The van der Waals surface area contributed by atoms with Gasteiger partial charge in [0.1, 0.15) is 6.10 Å². The molecule has 0 aromatic heterocycles. The summed E-state index contributed by atoms with van der Waals surface area (Å²) in [5.74, 6) is -0.0975. The molecule has 2 rings (SSSR count). The summed E-state index contributed by atoms with van der Waals surface area (Å²) < 4.78 is 5.07. The Kier molecular flexibility index (Phi) is 1.14. The lowest BCUT2D eigenvalue weighted by Crippen LogP contribution is -2.31. The van der Waals surface area contributed by atoms with Gasteiger partial charge in [0, 0.05) is 18.8 Å². The first kappa shape index (κ1) is 5.73. The van der Waals surface area contributed by atoms with Crippen LogP contribution in [0, 0.1) is 0 Å². The zero-order valence-electron chi connectivity index (χ0n) is 5.33. The van der Waals surface area contributed by atoms with Gasteiger partial charge in [-0.15, -0.1) is 0 Å². The van der Waals surface area contributed by atoms with Crippen LogP contribution in [-0.2, 0) is 9.53 Å². The number of rotatable bonds is 0. The topological polar surface area (TPSA) is 53.7 Å². The van der Waals surface area contributed by atoms with E-state index in [4.69, 9.17) is 4.74 Å². The number of fused-ring (bicyclic) bond motifs is 1. The van der Waals surface area contributed by atoms with Gasteiger partial charge in [-0.2, -0.15) is 0 Å². The van der Waals surface area contributed by atoms with Gasteiger partial charge in [-0.25, -0.2) is 0 Å². The lowest BCUT2D eigenvalue weighted by molar-refractivity contribution is -0.117. The molecule has 1 fully saturated rings. The van der Waals surface area contributed by atoms with Crippen LogP contribution in [0.4, 0.5) is 0 Å². The third-order valence-electron chi connectivity index (χ3n) is 1.54. The van der Waals surface area contributed by atoms with Crippen LogP contribution in [0.5, 0.6) is 0 Å². The van der Waals surface area contributed by atoms with Crippen molar-refractivity contribution in [3.63, 3.8) is 0 Å². The summed E-state index contributed by atoms with van der Waals surface area (Å²) in [5, 5.41) is 5.61. The fourth-order valence-corrected chi connectivity index (χ4v) is 0.932. The van der Waals surface area contributed by atoms with Crippen LogP contribution < -0.4 is 10.6 Å². The van der Waals surface area contributed by atoms with Gasteiger partial charge in [-0.1, -0.05) is 0 Å². The van der Waals surface area contributed by atoms with Crippen molar-refractivity contribution >= 4 is 5.91 Å². The van der Waals surface area contributed by atoms with E-state index in [2.05, 4.69) is 10.6 Å². The highest BCUT2D eigenvalue weighted by Gasteiger charge is 2.39. The lowest BCUT2D eigenvalue weighted by Gasteiger charge is -2.01. The minimum absolute atomic E-state index is 0.0510. The smallest absolute Gasteiger partial charge is 0.247 e. The summed E-state index contributed by atoms with van der Waals surface area (Å²) in [5.41, 5.74) is 0. The van der Waals surface area contributed by atoms with Crippen molar-refractivity contribution in [3.8, 4) is 0 Å². The van der Waals surface area contributed by atoms with Gasteiger partial charge in [0.05, 0.1) is 0 Å². The molecular formula is C6H8N2O2. The fraction of sp³-hybridized carbons (Fsp3) is 0.500. The van der Waals surface area contributed by atoms with Crippen LogP contribution >= 0.6 is 0 Å². The molecule has 2 atom stereocenters. The first-order valence-corrected chi connectivity index (χ1v) is 3.22. The standard InChI is InChI=1S/C6H8N2O2/c9-5-1-2-7-3-4-6(8-5)10-4/h1-2,4,6-7H,3H2,(H,8,9)/b2-1-. The average Bonchev–Trinajstić information content (AvgIpc) is 2.54. The van der Waals surface area contributed by atoms with Crippen molar-refractivity contribution in [1.82, 2.24) is 10.6 Å². The summed E-state index contributed by atoms with van der Waals surface area (Å²) in [6.45, 7) is 0.779. The Morgan fingerprint density at radius 3 is 3.50 bits per heavy atom. The molecule has 4 heteroatoms. The quantitative estimate of drug-likeness (QED) is 0.422. The Morgan fingerprint density at radius 1 is 1.70 bits per heavy atom. The van der Waals surface area contributed by atoms with Crippen molar-refractivity contribution in [2.45, 2.75) is 12.3 Å². The summed E-state index contributed by atoms with van der Waals surface area (Å²) in [6.07, 6.45) is 3.21. The Morgan fingerprint density at radius 2 is 2.60 bits per heavy atom. The van der Waals surface area contributed by atoms with Crippen molar-refractivity contribution in [2.24, 2.45) is 0 Å². The van der Waals surface area contributed by atoms with Crippen molar-refractivity contribution in [1.29, 1.82) is 0 Å². The minimum atomic E-state index is -0.0975. The Bertz CT molecular complexity index is 190. The molecule has 0 saturated carbocycles. The van der Waals surface area contributed by atoms with Gasteiger partial charge in [0.25, 0.3) is 0 Å². The first-order chi connectivity index (χ1) is 4.86. The third kappa shape index (κ3) is 0.974. The van der Waals surface area contributed by atoms with Gasteiger partial charge >= 0.3 is 0 Å². The van der Waals surface area contributed by atoms with Crippen LogP contribution in [-0.4, -0.2) is 24.8 Å². The molecule has 1 saturated heterocycles. The second-order valence-electron chi connectivity index (χ2n) is 2.35. The molecule has 0 bridgehead atoms. The number of ether oxygens (including phenoxy) is 1. The largest absolute Gasteiger partial charge is 0.388 e. The van der Waals surface area contributed by atoms with E-state index in [-0.39, 0.29) is 18.2 Å². The predicted molar refractivity (Wildman–Crippen MR) is 33.9 cm³/mol. The van der Waals surface area contributed by atoms with E-state index >= 15 is 0 Å². The molecule has 10 heavy (non-hydrogen) atoms. The number of hydrogen-bond acceptors (Lipinski definition) is 3. The van der Waals surface area contributed by atoms with Crippen molar-refractivity contribution in [3.05, 3.63) is 12.3 Å². The molecule has 2 aliphatic rings. The van der Waals surface area contributed by atoms with Gasteiger partial charge in [-0.05, 0) is 0 Å². The fourth-order valence-electron chi connectivity index (χ4n) is 0.932. The normalized spacial score (nSPS) is 39.8. The molecule has 0 aliphatic carbocycles. The molecule has 2 N–H and O–H groups in total. The van der Waals surface area contributed by atoms with Gasteiger partial charge in [-0.3, -0.25) is 4.79 Å². The summed E-state index contributed by atoms with van der Waals surface area (Å²) in [6, 6.07) is 0. The molecule has 4 nitrogen and oxygen atoms in total. The summed E-state index contributed by atoms with van der Waals surface area (Å²) in [4.78, 5) is 10.8. The average molecular weight is 140 g/mol. The number of nitrogens with one attached hydrogen (secondary N) is 2. The molecule has 2 unspecified atom stereocenters. The zero-order valence-corrected chi connectivity index (χ0v) is 5.33. The van der Waals surface area contributed by atoms with Crippen LogP contribution in [0.2, 0.25) is 0 Å². The minimum Gasteiger partial charge on any atom is -0.388 e. The first-order valence-electron chi connectivity index (χ1n) is 3.22. The molecule has 54 valence electrons. The zero-order chi connectivity index (χ0) is 6.97. The maximum absolute atomic E-state index is 10.8. The van der Waals surface area contributed by atoms with E-state index in [1.807, 2.05) is 0 Å². The van der Waals surface area contributed by atoms with E-state index in [0.717, 1.165) is 6.54 Å². The third-order valence-corrected chi connectivity index (χ3v) is 1.54. The summed E-state index contributed by atoms with van der Waals surface area (Å²) >= 11 is 0. The number of hydrogen-bond donors (Lipinski definition) is 2. The second-order valence-corrected chi connectivity index (χ2v) is 2.35. The Hall–Kier alpha value is -1.03. The van der Waals surface area contributed by atoms with Crippen molar-refractivity contribution in [2.75, 3.05) is 6.54 Å². The molecule has 2 aliphatic heterocycles. The monoisotopic (exact) mass is 140 g/mol. The molecule has 1 amide bonds. The molecule has 0 spiro atoms. The van der Waals surface area contributed by atoms with Crippen LogP contribution in [0.1, 0.15) is 0 Å². The highest BCUT2D eigenvalue weighted by Crippen LogP contribution is 2.18. The van der Waals surface area contributed by atoms with Gasteiger partial charge in [0.15, 0.2) is 6.23 Å². The lowest BCUT2D eigenvalue weighted by atomic mass is 10.4. The van der Waals surface area contributed by atoms with E-state index in [1.54, 1.807) is 6.20 Å². The highest BCUT2D eigenvalue weighted by atomic mass is 16.6. The van der Waals surface area contributed by atoms with Crippen LogP contribution in [0.15, 0.2) is 12.3 Å². The van der Waals surface area contributed by atoms with Crippen LogP contribution in [0.3, 0.4) is 0 Å². The molecule has 0 radical (unpaired) electrons. The van der Waals surface area contributed by atoms with E-state index in [9.17, 15) is 4.79 Å². The van der Waals surface area contributed by atoms with E-state index < -0.39 is 0 Å². The maximum Gasteiger partial charge on any atom is 0.247 e. The number of epoxide rings is 1. The van der Waals surface area contributed by atoms with E-state index in [1.165, 1.54) is 6.08 Å². The maximum atomic E-state index is 10.8. The number of carbonyl (C=O) groups is 1. The Labute approximate surface area is 58.2 Å². The second kappa shape index (κ2) is 1.98. The summed E-state index contributed by atoms with van der Waals surface area (Å²) in [7, 11) is 0. The van der Waals surface area contributed by atoms with Gasteiger partial charge in [0.2, 0.25) is 5.91 Å². The molecule has 0 aromatic carbocycles. The van der Waals surface area contributed by atoms with Crippen LogP contribution in [0.25, 0.3) is 0 Å². The number of amides is 1. The predicted octanol–water partition coefficient (Wildman–Crippen LogP) is -1.06. The highest BCUT2D eigenvalue weighted by molar-refractivity contribution is 5.87. The van der Waals surface area contributed by atoms with Crippen molar-refractivity contribution < 1.29 is 9.53 Å². The molecule has 2 heterocycles. The Balaban J connectivity index is 2.03. The SMILES string of the molecule is O=C1/C=C\NCC2OC2N1.